The van der Waals surface area contributed by atoms with E-state index in [2.05, 4.69) is 46.5 Å². The van der Waals surface area contributed by atoms with Gasteiger partial charge in [0.1, 0.15) is 0 Å². The maximum Gasteiger partial charge on any atom is 0.227 e. The van der Waals surface area contributed by atoms with Crippen LogP contribution < -0.4 is 5.32 Å². The van der Waals surface area contributed by atoms with Crippen LogP contribution in [0.2, 0.25) is 0 Å². The number of likely N-dealkylation sites (tertiary alicyclic amines) is 1. The molecule has 0 aliphatic carbocycles. The molecule has 1 amide bonds. The van der Waals surface area contributed by atoms with Crippen molar-refractivity contribution in [3.8, 4) is 0 Å². The molecule has 0 spiro atoms. The lowest BCUT2D eigenvalue weighted by atomic mass is 9.74. The normalized spacial score (nSPS) is 21.5. The Labute approximate surface area is 186 Å². The fraction of sp³-hybridized carbons (Fsp3) is 0.538. The first-order valence-corrected chi connectivity index (χ1v) is 11.6. The summed E-state index contributed by atoms with van der Waals surface area (Å²) >= 11 is 0. The zero-order valence-electron chi connectivity index (χ0n) is 18.9. The molecule has 4 rings (SSSR count). The van der Waals surface area contributed by atoms with E-state index in [0.717, 1.165) is 37.1 Å². The molecule has 166 valence electrons. The lowest BCUT2D eigenvalue weighted by Gasteiger charge is -2.36. The molecule has 3 heterocycles. The van der Waals surface area contributed by atoms with Crippen LogP contribution in [0.3, 0.4) is 0 Å². The first kappa shape index (κ1) is 22.0. The maximum absolute atomic E-state index is 13.4. The Morgan fingerprint density at radius 3 is 2.87 bits per heavy atom. The van der Waals surface area contributed by atoms with Crippen LogP contribution in [0.25, 0.3) is 0 Å². The van der Waals surface area contributed by atoms with Crippen molar-refractivity contribution in [3.05, 3.63) is 65.0 Å². The summed E-state index contributed by atoms with van der Waals surface area (Å²) in [5.41, 5.74) is 4.30. The van der Waals surface area contributed by atoms with Gasteiger partial charge < -0.3 is 15.0 Å². The zero-order valence-corrected chi connectivity index (χ0v) is 18.9. The van der Waals surface area contributed by atoms with Gasteiger partial charge in [-0.05, 0) is 81.3 Å². The fourth-order valence-corrected chi connectivity index (χ4v) is 5.09. The number of carbonyl (C=O) groups is 1. The molecule has 0 saturated carbocycles. The molecule has 1 unspecified atom stereocenters. The number of benzene rings is 1. The number of rotatable bonds is 6. The number of pyridine rings is 1. The van der Waals surface area contributed by atoms with Crippen molar-refractivity contribution in [2.24, 2.45) is 5.41 Å². The summed E-state index contributed by atoms with van der Waals surface area (Å²) in [5, 5.41) is 3.19. The van der Waals surface area contributed by atoms with Crippen molar-refractivity contribution in [3.63, 3.8) is 0 Å². The molecule has 2 aromatic rings. The van der Waals surface area contributed by atoms with Crippen LogP contribution in [0.15, 0.2) is 42.6 Å². The average molecular weight is 422 g/mol. The third-order valence-electron chi connectivity index (χ3n) is 7.06. The van der Waals surface area contributed by atoms with E-state index in [4.69, 9.17) is 4.74 Å². The first-order valence-electron chi connectivity index (χ1n) is 11.6. The van der Waals surface area contributed by atoms with Crippen LogP contribution >= 0.6 is 0 Å². The van der Waals surface area contributed by atoms with Crippen LogP contribution in [-0.2, 0) is 22.5 Å². The second kappa shape index (κ2) is 9.92. The lowest BCUT2D eigenvalue weighted by molar-refractivity contribution is -0.136. The number of amides is 1. The van der Waals surface area contributed by atoms with E-state index < -0.39 is 5.41 Å². The molecule has 2 aliphatic rings. The highest BCUT2D eigenvalue weighted by Gasteiger charge is 2.40. The van der Waals surface area contributed by atoms with Gasteiger partial charge in [0, 0.05) is 26.0 Å². The van der Waals surface area contributed by atoms with Gasteiger partial charge in [-0.2, -0.15) is 0 Å². The summed E-state index contributed by atoms with van der Waals surface area (Å²) in [6.07, 6.45) is 6.57. The second-order valence-electron chi connectivity index (χ2n) is 9.37. The van der Waals surface area contributed by atoms with Gasteiger partial charge in [-0.3, -0.25) is 9.78 Å². The van der Waals surface area contributed by atoms with Crippen molar-refractivity contribution < 1.29 is 9.53 Å². The third-order valence-corrected chi connectivity index (χ3v) is 7.06. The van der Waals surface area contributed by atoms with Gasteiger partial charge in [0.25, 0.3) is 0 Å². The van der Waals surface area contributed by atoms with Gasteiger partial charge in [0.05, 0.1) is 17.7 Å². The molecule has 2 saturated heterocycles. The third kappa shape index (κ3) is 5.34. The Morgan fingerprint density at radius 1 is 1.26 bits per heavy atom. The number of carbonyl (C=O) groups excluding carboxylic acids is 1. The maximum atomic E-state index is 13.4. The molecule has 1 aromatic carbocycles. The van der Waals surface area contributed by atoms with Crippen molar-refractivity contribution in [1.29, 1.82) is 0 Å². The summed E-state index contributed by atoms with van der Waals surface area (Å²) in [6, 6.07) is 12.9. The monoisotopic (exact) mass is 421 g/mol. The second-order valence-corrected chi connectivity index (χ2v) is 9.37. The molecule has 1 N–H and O–H groups in total. The molecular weight excluding hydrogens is 386 g/mol. The largest absolute Gasteiger partial charge is 0.381 e. The Kier molecular flexibility index (Phi) is 7.03. The topological polar surface area (TPSA) is 54.5 Å². The molecule has 1 aromatic heterocycles. The lowest BCUT2D eigenvalue weighted by Crippen LogP contribution is -2.46. The van der Waals surface area contributed by atoms with Crippen LogP contribution in [0.4, 0.5) is 0 Å². The Bertz CT molecular complexity index is 892. The highest BCUT2D eigenvalue weighted by atomic mass is 16.5. The van der Waals surface area contributed by atoms with Crippen LogP contribution in [-0.4, -0.2) is 49.1 Å². The minimum atomic E-state index is -0.414. The molecular formula is C26H35N3O2. The van der Waals surface area contributed by atoms with E-state index in [0.29, 0.717) is 25.7 Å². The summed E-state index contributed by atoms with van der Waals surface area (Å²) in [5.74, 6) is 0.717. The van der Waals surface area contributed by atoms with Crippen molar-refractivity contribution >= 4 is 5.91 Å². The molecule has 2 aliphatic heterocycles. The number of likely N-dealkylation sites (N-methyl/N-ethyl adjacent to an activating group) is 1. The van der Waals surface area contributed by atoms with Crippen LogP contribution in [0, 0.1) is 12.3 Å². The van der Waals surface area contributed by atoms with Crippen molar-refractivity contribution in [2.45, 2.75) is 51.5 Å². The minimum Gasteiger partial charge on any atom is -0.381 e. The number of hydrogen-bond acceptors (Lipinski definition) is 4. The number of nitrogens with one attached hydrogen (secondary N) is 1. The summed E-state index contributed by atoms with van der Waals surface area (Å²) in [6.45, 7) is 6.10. The molecule has 31 heavy (non-hydrogen) atoms. The van der Waals surface area contributed by atoms with Gasteiger partial charge >= 0.3 is 0 Å². The summed E-state index contributed by atoms with van der Waals surface area (Å²) in [4.78, 5) is 20.3. The van der Waals surface area contributed by atoms with Gasteiger partial charge in [0.15, 0.2) is 0 Å². The first-order chi connectivity index (χ1) is 15.1. The van der Waals surface area contributed by atoms with Crippen LogP contribution in [0.5, 0.6) is 0 Å². The number of piperidine rings is 1. The number of aromatic nitrogens is 1. The van der Waals surface area contributed by atoms with E-state index >= 15 is 0 Å². The molecule has 2 fully saturated rings. The van der Waals surface area contributed by atoms with E-state index in [-0.39, 0.29) is 5.91 Å². The summed E-state index contributed by atoms with van der Waals surface area (Å²) in [7, 11) is 2.21. The molecule has 1 atom stereocenters. The van der Waals surface area contributed by atoms with Crippen molar-refractivity contribution in [2.75, 3.05) is 33.4 Å². The molecule has 5 heteroatoms. The van der Waals surface area contributed by atoms with Gasteiger partial charge in [-0.25, -0.2) is 0 Å². The van der Waals surface area contributed by atoms with Gasteiger partial charge in [-0.15, -0.1) is 0 Å². The fourth-order valence-electron chi connectivity index (χ4n) is 5.09. The standard InChI is InChI=1S/C26H35N3O2/c1-20-6-4-12-27-24(20)18-28-25(30)26(10-14-31-15-11-26)17-21-7-3-8-22(16-21)23-9-5-13-29(2)19-23/h3-4,6-8,12,16,23H,5,9-11,13-15,17-19H2,1-2H3,(H,28,30). The van der Waals surface area contributed by atoms with E-state index in [1.165, 1.54) is 30.5 Å². The Morgan fingerprint density at radius 2 is 2.10 bits per heavy atom. The number of nitrogens with zero attached hydrogens (tertiary/aromatic N) is 2. The van der Waals surface area contributed by atoms with Gasteiger partial charge in [-0.1, -0.05) is 30.3 Å². The average Bonchev–Trinajstić information content (AvgIpc) is 2.79. The smallest absolute Gasteiger partial charge is 0.227 e. The van der Waals surface area contributed by atoms with Crippen LogP contribution in [0.1, 0.15) is 54.0 Å². The highest BCUT2D eigenvalue weighted by Crippen LogP contribution is 2.36. The van der Waals surface area contributed by atoms with E-state index in [9.17, 15) is 4.79 Å². The van der Waals surface area contributed by atoms with E-state index in [1.54, 1.807) is 6.20 Å². The number of ether oxygens (including phenoxy) is 1. The molecule has 0 bridgehead atoms. The number of aryl methyl sites for hydroxylation is 1. The summed E-state index contributed by atoms with van der Waals surface area (Å²) < 4.78 is 5.63. The quantitative estimate of drug-likeness (QED) is 0.770. The Hall–Kier alpha value is -2.24. The minimum absolute atomic E-state index is 0.128. The predicted molar refractivity (Wildman–Crippen MR) is 123 cm³/mol. The van der Waals surface area contributed by atoms with Crippen molar-refractivity contribution in [1.82, 2.24) is 15.2 Å². The highest BCUT2D eigenvalue weighted by molar-refractivity contribution is 5.83. The predicted octanol–water partition coefficient (Wildman–Crippen LogP) is 3.85. The molecule has 5 nitrogen and oxygen atoms in total. The Balaban J connectivity index is 1.49. The van der Waals surface area contributed by atoms with E-state index in [1.807, 2.05) is 19.1 Å². The molecule has 0 radical (unpaired) electrons. The zero-order chi connectivity index (χ0) is 21.7. The SMILES string of the molecule is Cc1cccnc1CNC(=O)C1(Cc2cccc(C3CCCN(C)C3)c2)CCOCC1. The number of hydrogen-bond donors (Lipinski definition) is 1. The van der Waals surface area contributed by atoms with Gasteiger partial charge in [0.2, 0.25) is 5.91 Å².